The highest BCUT2D eigenvalue weighted by Crippen LogP contribution is 2.26. The van der Waals surface area contributed by atoms with Gasteiger partial charge >= 0.3 is 0 Å². The first kappa shape index (κ1) is 13.5. The maximum atomic E-state index is 12.4. The second kappa shape index (κ2) is 5.81. The molecule has 0 aliphatic rings. The smallest absolute Gasteiger partial charge is 0.204 e. The number of halogens is 1. The van der Waals surface area contributed by atoms with E-state index in [9.17, 15) is 4.79 Å². The van der Waals surface area contributed by atoms with Gasteiger partial charge in [0.05, 0.1) is 4.88 Å². The maximum Gasteiger partial charge on any atom is 0.204 e. The summed E-state index contributed by atoms with van der Waals surface area (Å²) >= 11 is 4.90. The van der Waals surface area contributed by atoms with Crippen LogP contribution in [0.4, 0.5) is 0 Å². The Morgan fingerprint density at radius 1 is 1.17 bits per heavy atom. The molecule has 1 heterocycles. The minimum atomic E-state index is 0.106. The van der Waals surface area contributed by atoms with E-state index in [-0.39, 0.29) is 5.78 Å². The third-order valence-electron chi connectivity index (χ3n) is 3.05. The minimum Gasteiger partial charge on any atom is -0.288 e. The lowest BCUT2D eigenvalue weighted by Gasteiger charge is -2.08. The normalized spacial score (nSPS) is 10.6. The largest absolute Gasteiger partial charge is 0.288 e. The predicted octanol–water partition coefficient (Wildman–Crippen LogP) is 4.87. The summed E-state index contributed by atoms with van der Waals surface area (Å²) in [4.78, 5) is 13.2. The predicted molar refractivity (Wildman–Crippen MR) is 80.6 cm³/mol. The van der Waals surface area contributed by atoms with Gasteiger partial charge in [0.25, 0.3) is 0 Å². The molecule has 18 heavy (non-hydrogen) atoms. The Morgan fingerprint density at radius 2 is 1.89 bits per heavy atom. The molecule has 0 aliphatic carbocycles. The van der Waals surface area contributed by atoms with Crippen LogP contribution in [0.15, 0.2) is 34.1 Å². The van der Waals surface area contributed by atoms with Crippen LogP contribution in [0.1, 0.15) is 40.2 Å². The number of thiophene rings is 1. The van der Waals surface area contributed by atoms with Gasteiger partial charge in [0, 0.05) is 10.0 Å². The van der Waals surface area contributed by atoms with Crippen molar-refractivity contribution >= 4 is 33.0 Å². The number of carbonyl (C=O) groups excluding carboxylic acids is 1. The molecule has 1 nitrogen and oxygen atoms in total. The van der Waals surface area contributed by atoms with Crippen LogP contribution in [0.2, 0.25) is 0 Å². The van der Waals surface area contributed by atoms with Gasteiger partial charge in [0.2, 0.25) is 5.78 Å². The van der Waals surface area contributed by atoms with Crippen molar-refractivity contribution in [2.75, 3.05) is 0 Å². The second-order valence-electron chi connectivity index (χ2n) is 4.12. The van der Waals surface area contributed by atoms with Gasteiger partial charge in [-0.05, 0) is 57.4 Å². The van der Waals surface area contributed by atoms with Crippen LogP contribution in [0, 0.1) is 0 Å². The molecule has 0 aliphatic heterocycles. The van der Waals surface area contributed by atoms with E-state index in [4.69, 9.17) is 0 Å². The monoisotopic (exact) mass is 322 g/mol. The van der Waals surface area contributed by atoms with Crippen molar-refractivity contribution in [3.63, 3.8) is 0 Å². The van der Waals surface area contributed by atoms with Crippen LogP contribution in [-0.4, -0.2) is 5.78 Å². The fraction of sp³-hybridized carbons (Fsp3) is 0.267. The molecule has 0 amide bonds. The van der Waals surface area contributed by atoms with Crippen molar-refractivity contribution in [2.45, 2.75) is 26.7 Å². The molecular formula is C15H15BrOS. The van der Waals surface area contributed by atoms with Crippen molar-refractivity contribution in [2.24, 2.45) is 0 Å². The van der Waals surface area contributed by atoms with Gasteiger partial charge in [-0.2, -0.15) is 0 Å². The van der Waals surface area contributed by atoms with Crippen molar-refractivity contribution in [3.05, 3.63) is 55.7 Å². The van der Waals surface area contributed by atoms with Crippen molar-refractivity contribution in [1.82, 2.24) is 0 Å². The summed E-state index contributed by atoms with van der Waals surface area (Å²) in [6, 6.07) is 7.96. The molecule has 2 aromatic rings. The fourth-order valence-corrected chi connectivity index (χ4v) is 3.54. The van der Waals surface area contributed by atoms with E-state index >= 15 is 0 Å². The highest BCUT2D eigenvalue weighted by atomic mass is 79.9. The molecule has 0 radical (unpaired) electrons. The molecular weight excluding hydrogens is 308 g/mol. The summed E-state index contributed by atoms with van der Waals surface area (Å²) in [5.41, 5.74) is 3.39. The number of aryl methyl sites for hydroxylation is 2. The van der Waals surface area contributed by atoms with Gasteiger partial charge in [-0.25, -0.2) is 0 Å². The molecule has 0 N–H and O–H groups in total. The molecule has 2 rings (SSSR count). The van der Waals surface area contributed by atoms with Crippen LogP contribution in [-0.2, 0) is 12.8 Å². The minimum absolute atomic E-state index is 0.106. The summed E-state index contributed by atoms with van der Waals surface area (Å²) in [5, 5.41) is 1.93. The zero-order valence-corrected chi connectivity index (χ0v) is 12.9. The number of benzene rings is 1. The topological polar surface area (TPSA) is 17.1 Å². The quantitative estimate of drug-likeness (QED) is 0.734. The summed E-state index contributed by atoms with van der Waals surface area (Å²) in [6.07, 6.45) is 1.98. The Hall–Kier alpha value is -0.930. The van der Waals surface area contributed by atoms with Gasteiger partial charge in [-0.15, -0.1) is 11.3 Å². The fourth-order valence-electron chi connectivity index (χ4n) is 2.03. The van der Waals surface area contributed by atoms with Crippen molar-refractivity contribution in [3.8, 4) is 0 Å². The molecule has 0 atom stereocenters. The summed E-state index contributed by atoms with van der Waals surface area (Å²) in [5.74, 6) is 0.106. The van der Waals surface area contributed by atoms with Crippen LogP contribution >= 0.6 is 27.3 Å². The number of ketones is 1. The van der Waals surface area contributed by atoms with Crippen LogP contribution in [0.5, 0.6) is 0 Å². The molecule has 1 aromatic carbocycles. The Kier molecular flexibility index (Phi) is 4.36. The highest BCUT2D eigenvalue weighted by Gasteiger charge is 2.15. The van der Waals surface area contributed by atoms with E-state index in [1.807, 2.05) is 23.6 Å². The molecule has 0 saturated heterocycles. The van der Waals surface area contributed by atoms with Crippen LogP contribution in [0.3, 0.4) is 0 Å². The van der Waals surface area contributed by atoms with Gasteiger partial charge in [-0.3, -0.25) is 4.79 Å². The van der Waals surface area contributed by atoms with E-state index < -0.39 is 0 Å². The summed E-state index contributed by atoms with van der Waals surface area (Å²) in [7, 11) is 0. The first-order chi connectivity index (χ1) is 8.67. The summed E-state index contributed by atoms with van der Waals surface area (Å²) in [6.45, 7) is 4.27. The lowest BCUT2D eigenvalue weighted by molar-refractivity contribution is 0.104. The zero-order chi connectivity index (χ0) is 13.1. The van der Waals surface area contributed by atoms with Gasteiger partial charge in [-0.1, -0.05) is 26.0 Å². The molecule has 3 heteroatoms. The Balaban J connectivity index is 2.40. The first-order valence-electron chi connectivity index (χ1n) is 6.06. The van der Waals surface area contributed by atoms with Gasteiger partial charge < -0.3 is 0 Å². The van der Waals surface area contributed by atoms with Crippen LogP contribution in [0.25, 0.3) is 0 Å². The maximum absolute atomic E-state index is 12.4. The zero-order valence-electron chi connectivity index (χ0n) is 10.5. The average molecular weight is 323 g/mol. The van der Waals surface area contributed by atoms with Gasteiger partial charge in [0.15, 0.2) is 0 Å². The number of hydrogen-bond acceptors (Lipinski definition) is 2. The van der Waals surface area contributed by atoms with Crippen molar-refractivity contribution < 1.29 is 4.79 Å². The number of carbonyl (C=O) groups is 1. The molecule has 94 valence electrons. The molecule has 0 unspecified atom stereocenters. The molecule has 0 saturated carbocycles. The SMILES string of the molecule is CCc1ccc(C(=O)c2sccc2Br)cc1CC. The van der Waals surface area contributed by atoms with Crippen molar-refractivity contribution in [1.29, 1.82) is 0 Å². The first-order valence-corrected chi connectivity index (χ1v) is 7.74. The third kappa shape index (κ3) is 2.57. The van der Waals surface area contributed by atoms with Crippen LogP contribution < -0.4 is 0 Å². The van der Waals surface area contributed by atoms with E-state index in [1.54, 1.807) is 0 Å². The number of rotatable bonds is 4. The molecule has 0 bridgehead atoms. The van der Waals surface area contributed by atoms with E-state index in [0.29, 0.717) is 0 Å². The lowest BCUT2D eigenvalue weighted by Crippen LogP contribution is -2.02. The van der Waals surface area contributed by atoms with E-state index in [1.165, 1.54) is 22.5 Å². The Morgan fingerprint density at radius 3 is 2.44 bits per heavy atom. The highest BCUT2D eigenvalue weighted by molar-refractivity contribution is 9.10. The third-order valence-corrected chi connectivity index (χ3v) is 4.89. The van der Waals surface area contributed by atoms with E-state index in [0.717, 1.165) is 27.8 Å². The Bertz CT molecular complexity index is 572. The molecule has 0 spiro atoms. The Labute approximate surface area is 120 Å². The molecule has 0 fully saturated rings. The van der Waals surface area contributed by atoms with E-state index in [2.05, 4.69) is 35.8 Å². The second-order valence-corrected chi connectivity index (χ2v) is 5.89. The summed E-state index contributed by atoms with van der Waals surface area (Å²) < 4.78 is 0.884. The lowest BCUT2D eigenvalue weighted by atomic mass is 9.98. The van der Waals surface area contributed by atoms with Gasteiger partial charge in [0.1, 0.15) is 0 Å². The molecule has 1 aromatic heterocycles. The standard InChI is InChI=1S/C15H15BrOS/c1-3-10-5-6-12(9-11(10)4-2)14(17)15-13(16)7-8-18-15/h5-9H,3-4H2,1-2H3. The average Bonchev–Trinajstić information content (AvgIpc) is 2.83. The number of hydrogen-bond donors (Lipinski definition) is 0.